The molecular weight excluding hydrogens is 245 g/mol. The summed E-state index contributed by atoms with van der Waals surface area (Å²) >= 11 is 0. The summed E-state index contributed by atoms with van der Waals surface area (Å²) in [4.78, 5) is 11.8. The molecule has 0 aliphatic heterocycles. The molecule has 94 valence electrons. The summed E-state index contributed by atoms with van der Waals surface area (Å²) in [5, 5.41) is 8.64. The zero-order valence-corrected chi connectivity index (χ0v) is 9.97. The minimum Gasteiger partial charge on any atom is -0.485 e. The zero-order chi connectivity index (χ0) is 13.7. The van der Waals surface area contributed by atoms with Crippen LogP contribution >= 0.6 is 0 Å². The summed E-state index contributed by atoms with van der Waals surface area (Å²) in [6, 6.07) is 13.7. The highest BCUT2D eigenvalue weighted by Gasteiger charge is 2.06. The summed E-state index contributed by atoms with van der Waals surface area (Å²) in [6.07, 6.45) is 0. The maximum absolute atomic E-state index is 12.7. The average molecular weight is 255 g/mol. The highest BCUT2D eigenvalue weighted by atomic mass is 19.1. The van der Waals surface area contributed by atoms with Gasteiger partial charge in [-0.05, 0) is 48.5 Å². The second-order valence-electron chi connectivity index (χ2n) is 3.85. The van der Waals surface area contributed by atoms with Crippen LogP contribution in [0.15, 0.2) is 48.5 Å². The van der Waals surface area contributed by atoms with Crippen molar-refractivity contribution in [2.24, 2.45) is 0 Å². The van der Waals surface area contributed by atoms with Crippen LogP contribution < -0.4 is 4.74 Å². The van der Waals surface area contributed by atoms with Crippen molar-refractivity contribution in [1.29, 1.82) is 5.26 Å². The average Bonchev–Trinajstić information content (AvgIpc) is 2.46. The highest BCUT2D eigenvalue weighted by molar-refractivity contribution is 5.97. The third kappa shape index (κ3) is 3.39. The van der Waals surface area contributed by atoms with Gasteiger partial charge in [0.15, 0.2) is 12.4 Å². The van der Waals surface area contributed by atoms with Gasteiger partial charge in [-0.2, -0.15) is 5.26 Å². The second kappa shape index (κ2) is 5.78. The monoisotopic (exact) mass is 255 g/mol. The maximum atomic E-state index is 12.7. The van der Waals surface area contributed by atoms with Crippen molar-refractivity contribution in [1.82, 2.24) is 0 Å². The van der Waals surface area contributed by atoms with E-state index in [0.29, 0.717) is 16.9 Å². The number of ether oxygens (including phenoxy) is 1. The van der Waals surface area contributed by atoms with E-state index in [2.05, 4.69) is 0 Å². The molecular formula is C15H10FNO2. The van der Waals surface area contributed by atoms with E-state index in [0.717, 1.165) is 0 Å². The predicted octanol–water partition coefficient (Wildman–Crippen LogP) is 2.96. The first kappa shape index (κ1) is 12.8. The lowest BCUT2D eigenvalue weighted by molar-refractivity contribution is 0.0921. The molecule has 0 aromatic heterocycles. The van der Waals surface area contributed by atoms with Crippen LogP contribution in [0.3, 0.4) is 0 Å². The number of hydrogen-bond acceptors (Lipinski definition) is 3. The predicted molar refractivity (Wildman–Crippen MR) is 67.4 cm³/mol. The van der Waals surface area contributed by atoms with Crippen LogP contribution in [0.5, 0.6) is 5.75 Å². The van der Waals surface area contributed by atoms with E-state index in [9.17, 15) is 9.18 Å². The number of carbonyl (C=O) groups excluding carboxylic acids is 1. The SMILES string of the molecule is N#Cc1ccc(OCC(=O)c2ccc(F)cc2)cc1. The number of nitrogens with zero attached hydrogens (tertiary/aromatic N) is 1. The van der Waals surface area contributed by atoms with Gasteiger partial charge in [0, 0.05) is 5.56 Å². The Morgan fingerprint density at radius 3 is 2.32 bits per heavy atom. The first-order chi connectivity index (χ1) is 9.19. The molecule has 4 heteroatoms. The summed E-state index contributed by atoms with van der Waals surface area (Å²) in [5.41, 5.74) is 0.923. The van der Waals surface area contributed by atoms with Gasteiger partial charge in [-0.3, -0.25) is 4.79 Å². The first-order valence-electron chi connectivity index (χ1n) is 5.61. The molecule has 0 fully saturated rings. The van der Waals surface area contributed by atoms with Gasteiger partial charge in [0.25, 0.3) is 0 Å². The molecule has 0 saturated heterocycles. The van der Waals surface area contributed by atoms with E-state index in [-0.39, 0.29) is 18.2 Å². The Bertz CT molecular complexity index is 612. The van der Waals surface area contributed by atoms with Gasteiger partial charge < -0.3 is 4.74 Å². The number of carbonyl (C=O) groups is 1. The molecule has 0 N–H and O–H groups in total. The van der Waals surface area contributed by atoms with Gasteiger partial charge in [0.05, 0.1) is 11.6 Å². The van der Waals surface area contributed by atoms with Crippen molar-refractivity contribution >= 4 is 5.78 Å². The van der Waals surface area contributed by atoms with Crippen molar-refractivity contribution < 1.29 is 13.9 Å². The number of halogens is 1. The Kier molecular flexibility index (Phi) is 3.89. The van der Waals surface area contributed by atoms with Crippen LogP contribution in [0.1, 0.15) is 15.9 Å². The lowest BCUT2D eigenvalue weighted by Crippen LogP contribution is -2.11. The lowest BCUT2D eigenvalue weighted by Gasteiger charge is -2.05. The minimum atomic E-state index is -0.385. The van der Waals surface area contributed by atoms with Gasteiger partial charge in [0.1, 0.15) is 11.6 Å². The van der Waals surface area contributed by atoms with Gasteiger partial charge in [-0.15, -0.1) is 0 Å². The van der Waals surface area contributed by atoms with Crippen molar-refractivity contribution in [3.8, 4) is 11.8 Å². The fraction of sp³-hybridized carbons (Fsp3) is 0.0667. The van der Waals surface area contributed by atoms with Crippen LogP contribution in [0.25, 0.3) is 0 Å². The number of hydrogen-bond donors (Lipinski definition) is 0. The molecule has 0 unspecified atom stereocenters. The van der Waals surface area contributed by atoms with Crippen LogP contribution in [0.2, 0.25) is 0 Å². The van der Waals surface area contributed by atoms with E-state index < -0.39 is 0 Å². The van der Waals surface area contributed by atoms with E-state index in [1.807, 2.05) is 6.07 Å². The van der Waals surface area contributed by atoms with Gasteiger partial charge in [0.2, 0.25) is 0 Å². The molecule has 0 aliphatic rings. The summed E-state index contributed by atoms with van der Waals surface area (Å²) < 4.78 is 18.0. The summed E-state index contributed by atoms with van der Waals surface area (Å²) in [7, 11) is 0. The standard InChI is InChI=1S/C15H10FNO2/c16-13-5-3-12(4-6-13)15(18)10-19-14-7-1-11(9-17)2-8-14/h1-8H,10H2. The molecule has 2 aromatic carbocycles. The summed E-state index contributed by atoms with van der Waals surface area (Å²) in [5.74, 6) is -0.108. The van der Waals surface area contributed by atoms with E-state index >= 15 is 0 Å². The number of rotatable bonds is 4. The van der Waals surface area contributed by atoms with E-state index in [1.54, 1.807) is 24.3 Å². The number of ketones is 1. The Hall–Kier alpha value is -2.67. The number of benzene rings is 2. The number of Topliss-reactive ketones (excluding diaryl/α,β-unsaturated/α-hetero) is 1. The quantitative estimate of drug-likeness (QED) is 0.789. The molecule has 0 amide bonds. The van der Waals surface area contributed by atoms with Crippen LogP contribution in [0, 0.1) is 17.1 Å². The molecule has 0 radical (unpaired) electrons. The maximum Gasteiger partial charge on any atom is 0.200 e. The highest BCUT2D eigenvalue weighted by Crippen LogP contribution is 2.12. The Balaban J connectivity index is 1.96. The Labute approximate surface area is 109 Å². The topological polar surface area (TPSA) is 50.1 Å². The molecule has 0 atom stereocenters. The molecule has 3 nitrogen and oxygen atoms in total. The fourth-order valence-corrected chi connectivity index (χ4v) is 1.49. The Morgan fingerprint density at radius 2 is 1.74 bits per heavy atom. The van der Waals surface area contributed by atoms with Crippen LogP contribution in [-0.2, 0) is 0 Å². The van der Waals surface area contributed by atoms with Gasteiger partial charge in [-0.1, -0.05) is 0 Å². The largest absolute Gasteiger partial charge is 0.485 e. The molecule has 0 bridgehead atoms. The van der Waals surface area contributed by atoms with Crippen molar-refractivity contribution in [3.63, 3.8) is 0 Å². The normalized spacial score (nSPS) is 9.68. The smallest absolute Gasteiger partial charge is 0.200 e. The van der Waals surface area contributed by atoms with E-state index in [1.165, 1.54) is 24.3 Å². The molecule has 0 aliphatic carbocycles. The molecule has 0 saturated carbocycles. The molecule has 2 aromatic rings. The minimum absolute atomic E-state index is 0.127. The third-order valence-corrected chi connectivity index (χ3v) is 2.52. The fourth-order valence-electron chi connectivity index (χ4n) is 1.49. The first-order valence-corrected chi connectivity index (χ1v) is 5.61. The van der Waals surface area contributed by atoms with Gasteiger partial charge >= 0.3 is 0 Å². The second-order valence-corrected chi connectivity index (χ2v) is 3.85. The molecule has 2 rings (SSSR count). The third-order valence-electron chi connectivity index (χ3n) is 2.52. The Morgan fingerprint density at radius 1 is 1.11 bits per heavy atom. The van der Waals surface area contributed by atoms with Crippen LogP contribution in [0.4, 0.5) is 4.39 Å². The van der Waals surface area contributed by atoms with Crippen LogP contribution in [-0.4, -0.2) is 12.4 Å². The molecule has 19 heavy (non-hydrogen) atoms. The molecule has 0 spiro atoms. The van der Waals surface area contributed by atoms with Crippen molar-refractivity contribution in [2.45, 2.75) is 0 Å². The molecule has 0 heterocycles. The number of nitriles is 1. The van der Waals surface area contributed by atoms with Crippen molar-refractivity contribution in [3.05, 3.63) is 65.5 Å². The summed E-state index contributed by atoms with van der Waals surface area (Å²) in [6.45, 7) is -0.127. The van der Waals surface area contributed by atoms with E-state index in [4.69, 9.17) is 10.00 Å². The van der Waals surface area contributed by atoms with Crippen molar-refractivity contribution in [2.75, 3.05) is 6.61 Å². The lowest BCUT2D eigenvalue weighted by atomic mass is 10.1. The zero-order valence-electron chi connectivity index (χ0n) is 9.97. The van der Waals surface area contributed by atoms with Gasteiger partial charge in [-0.25, -0.2) is 4.39 Å².